The van der Waals surface area contributed by atoms with E-state index in [0.29, 0.717) is 18.8 Å². The van der Waals surface area contributed by atoms with Gasteiger partial charge in [0.05, 0.1) is 31.3 Å². The average Bonchev–Trinajstić information content (AvgIpc) is 2.76. The highest BCUT2D eigenvalue weighted by atomic mass is 16.5. The standard InChI is InChI=1S/C10H18N4O3/c1-17-3-2-13-10(16)5-14-7-12-4-9(14)8(11)6-15/h4,7-8,15H,2-3,5-6,11H2,1H3,(H,13,16). The Morgan fingerprint density at radius 1 is 1.76 bits per heavy atom. The number of ether oxygens (including phenoxy) is 1. The Balaban J connectivity index is 2.50. The average molecular weight is 242 g/mol. The highest BCUT2D eigenvalue weighted by Gasteiger charge is 2.12. The highest BCUT2D eigenvalue weighted by molar-refractivity contribution is 5.75. The summed E-state index contributed by atoms with van der Waals surface area (Å²) < 4.78 is 6.43. The van der Waals surface area contributed by atoms with Crippen molar-refractivity contribution in [1.82, 2.24) is 14.9 Å². The van der Waals surface area contributed by atoms with Crippen molar-refractivity contribution in [3.8, 4) is 0 Å². The minimum Gasteiger partial charge on any atom is -0.394 e. The number of aliphatic hydroxyl groups excluding tert-OH is 1. The molecule has 1 atom stereocenters. The van der Waals surface area contributed by atoms with E-state index < -0.39 is 6.04 Å². The first kappa shape index (κ1) is 13.6. The molecule has 1 aromatic rings. The van der Waals surface area contributed by atoms with E-state index in [9.17, 15) is 4.79 Å². The zero-order valence-corrected chi connectivity index (χ0v) is 9.80. The highest BCUT2D eigenvalue weighted by Crippen LogP contribution is 2.08. The molecule has 0 bridgehead atoms. The normalized spacial score (nSPS) is 12.4. The quantitative estimate of drug-likeness (QED) is 0.512. The Bertz CT molecular complexity index is 353. The number of nitrogens with one attached hydrogen (secondary N) is 1. The number of nitrogens with two attached hydrogens (primary N) is 1. The predicted molar refractivity (Wildman–Crippen MR) is 61.1 cm³/mol. The van der Waals surface area contributed by atoms with Crippen LogP contribution in [0.4, 0.5) is 0 Å². The summed E-state index contributed by atoms with van der Waals surface area (Å²) in [6.45, 7) is 0.883. The van der Waals surface area contributed by atoms with Crippen LogP contribution < -0.4 is 11.1 Å². The predicted octanol–water partition coefficient (Wildman–Crippen LogP) is -1.36. The van der Waals surface area contributed by atoms with E-state index in [4.69, 9.17) is 15.6 Å². The van der Waals surface area contributed by atoms with Gasteiger partial charge in [0, 0.05) is 19.9 Å². The number of nitrogens with zero attached hydrogens (tertiary/aromatic N) is 2. The van der Waals surface area contributed by atoms with E-state index in [1.165, 1.54) is 6.33 Å². The number of aliphatic hydroxyl groups is 1. The minimum atomic E-state index is -0.524. The Morgan fingerprint density at radius 2 is 2.53 bits per heavy atom. The van der Waals surface area contributed by atoms with Crippen molar-refractivity contribution in [3.63, 3.8) is 0 Å². The zero-order valence-electron chi connectivity index (χ0n) is 9.80. The van der Waals surface area contributed by atoms with Crippen molar-refractivity contribution in [3.05, 3.63) is 18.2 Å². The second-order valence-corrected chi connectivity index (χ2v) is 3.58. The van der Waals surface area contributed by atoms with E-state index in [0.717, 1.165) is 0 Å². The van der Waals surface area contributed by atoms with Gasteiger partial charge in [-0.1, -0.05) is 0 Å². The smallest absolute Gasteiger partial charge is 0.240 e. The van der Waals surface area contributed by atoms with Crippen LogP contribution in [0.2, 0.25) is 0 Å². The van der Waals surface area contributed by atoms with Crippen molar-refractivity contribution >= 4 is 5.91 Å². The molecule has 1 aromatic heterocycles. The number of hydrogen-bond acceptors (Lipinski definition) is 5. The Kier molecular flexibility index (Phi) is 5.61. The number of amides is 1. The monoisotopic (exact) mass is 242 g/mol. The minimum absolute atomic E-state index is 0.132. The third-order valence-electron chi connectivity index (χ3n) is 2.26. The zero-order chi connectivity index (χ0) is 12.7. The van der Waals surface area contributed by atoms with Gasteiger partial charge >= 0.3 is 0 Å². The lowest BCUT2D eigenvalue weighted by Crippen LogP contribution is -2.31. The van der Waals surface area contributed by atoms with Crippen molar-refractivity contribution < 1.29 is 14.6 Å². The van der Waals surface area contributed by atoms with E-state index in [-0.39, 0.29) is 19.1 Å². The molecule has 4 N–H and O–H groups in total. The van der Waals surface area contributed by atoms with Crippen LogP contribution in [0.25, 0.3) is 0 Å². The summed E-state index contributed by atoms with van der Waals surface area (Å²) in [5, 5.41) is 11.6. The number of carbonyl (C=O) groups excluding carboxylic acids is 1. The third kappa shape index (κ3) is 4.14. The molecule has 0 saturated carbocycles. The molecule has 96 valence electrons. The molecule has 1 rings (SSSR count). The maximum atomic E-state index is 11.5. The molecule has 17 heavy (non-hydrogen) atoms. The summed E-state index contributed by atoms with van der Waals surface area (Å²) >= 11 is 0. The van der Waals surface area contributed by atoms with Crippen LogP contribution in [0.15, 0.2) is 12.5 Å². The molecular formula is C10H18N4O3. The molecule has 0 saturated heterocycles. The molecular weight excluding hydrogens is 224 g/mol. The van der Waals surface area contributed by atoms with Gasteiger partial charge in [0.2, 0.25) is 5.91 Å². The molecule has 0 aliphatic carbocycles. The lowest BCUT2D eigenvalue weighted by Gasteiger charge is -2.12. The molecule has 1 heterocycles. The number of carbonyl (C=O) groups is 1. The molecule has 7 heteroatoms. The second-order valence-electron chi connectivity index (χ2n) is 3.58. The number of hydrogen-bond donors (Lipinski definition) is 3. The van der Waals surface area contributed by atoms with Gasteiger partial charge in [-0.15, -0.1) is 0 Å². The lowest BCUT2D eigenvalue weighted by atomic mass is 10.2. The summed E-state index contributed by atoms with van der Waals surface area (Å²) in [6, 6.07) is -0.524. The van der Waals surface area contributed by atoms with Gasteiger partial charge < -0.3 is 25.5 Å². The first-order chi connectivity index (χ1) is 8.19. The Hall–Kier alpha value is -1.44. The maximum Gasteiger partial charge on any atom is 0.240 e. The molecule has 0 fully saturated rings. The van der Waals surface area contributed by atoms with Gasteiger partial charge in [0.1, 0.15) is 6.54 Å². The van der Waals surface area contributed by atoms with Gasteiger partial charge in [-0.2, -0.15) is 0 Å². The van der Waals surface area contributed by atoms with Crippen molar-refractivity contribution in [2.24, 2.45) is 5.73 Å². The lowest BCUT2D eigenvalue weighted by molar-refractivity contribution is -0.121. The van der Waals surface area contributed by atoms with Gasteiger partial charge in [-0.05, 0) is 0 Å². The van der Waals surface area contributed by atoms with Crippen molar-refractivity contribution in [1.29, 1.82) is 0 Å². The number of aromatic nitrogens is 2. The first-order valence-electron chi connectivity index (χ1n) is 5.31. The summed E-state index contributed by atoms with van der Waals surface area (Å²) in [6.07, 6.45) is 3.06. The molecule has 7 nitrogen and oxygen atoms in total. The number of methoxy groups -OCH3 is 1. The van der Waals surface area contributed by atoms with E-state index in [2.05, 4.69) is 10.3 Å². The fraction of sp³-hybridized carbons (Fsp3) is 0.600. The van der Waals surface area contributed by atoms with Crippen LogP contribution in [0.3, 0.4) is 0 Å². The molecule has 0 aliphatic heterocycles. The molecule has 1 unspecified atom stereocenters. The summed E-state index contributed by atoms with van der Waals surface area (Å²) in [4.78, 5) is 15.4. The van der Waals surface area contributed by atoms with Crippen LogP contribution in [0.5, 0.6) is 0 Å². The van der Waals surface area contributed by atoms with E-state index in [1.54, 1.807) is 17.9 Å². The van der Waals surface area contributed by atoms with E-state index in [1.807, 2.05) is 0 Å². The van der Waals surface area contributed by atoms with Gasteiger partial charge in [-0.3, -0.25) is 4.79 Å². The maximum absolute atomic E-state index is 11.5. The van der Waals surface area contributed by atoms with Crippen LogP contribution in [-0.2, 0) is 16.1 Å². The molecule has 0 radical (unpaired) electrons. The Labute approximate surface area is 99.6 Å². The largest absolute Gasteiger partial charge is 0.394 e. The fourth-order valence-electron chi connectivity index (χ4n) is 1.37. The summed E-state index contributed by atoms with van der Waals surface area (Å²) in [5.41, 5.74) is 6.31. The SMILES string of the molecule is COCCNC(=O)Cn1cncc1C(N)CO. The van der Waals surface area contributed by atoms with Gasteiger partial charge in [-0.25, -0.2) is 4.98 Å². The summed E-state index contributed by atoms with van der Waals surface area (Å²) in [5.74, 6) is -0.147. The number of rotatable bonds is 7. The molecule has 0 spiro atoms. The van der Waals surface area contributed by atoms with Crippen LogP contribution >= 0.6 is 0 Å². The Morgan fingerprint density at radius 3 is 3.18 bits per heavy atom. The van der Waals surface area contributed by atoms with Crippen LogP contribution in [-0.4, -0.2) is 47.4 Å². The second kappa shape index (κ2) is 7.00. The summed E-state index contributed by atoms with van der Waals surface area (Å²) in [7, 11) is 1.57. The topological polar surface area (TPSA) is 102 Å². The van der Waals surface area contributed by atoms with Crippen LogP contribution in [0, 0.1) is 0 Å². The van der Waals surface area contributed by atoms with Gasteiger partial charge in [0.25, 0.3) is 0 Å². The molecule has 0 aliphatic rings. The fourth-order valence-corrected chi connectivity index (χ4v) is 1.37. The van der Waals surface area contributed by atoms with E-state index >= 15 is 0 Å². The van der Waals surface area contributed by atoms with Crippen molar-refractivity contribution in [2.75, 3.05) is 26.9 Å². The van der Waals surface area contributed by atoms with Crippen LogP contribution in [0.1, 0.15) is 11.7 Å². The molecule has 1 amide bonds. The molecule has 0 aromatic carbocycles. The third-order valence-corrected chi connectivity index (χ3v) is 2.26. The van der Waals surface area contributed by atoms with Crippen molar-refractivity contribution in [2.45, 2.75) is 12.6 Å². The van der Waals surface area contributed by atoms with Gasteiger partial charge in [0.15, 0.2) is 0 Å². The first-order valence-corrected chi connectivity index (χ1v) is 5.31. The number of imidazole rings is 1.